The fourth-order valence-corrected chi connectivity index (χ4v) is 3.45. The van der Waals surface area contributed by atoms with Crippen LogP contribution < -0.4 is 0 Å². The lowest BCUT2D eigenvalue weighted by Gasteiger charge is -2.37. The topological polar surface area (TPSA) is 17.1 Å². The Morgan fingerprint density at radius 2 is 2.19 bits per heavy atom. The monoisotopic (exact) mass is 236 g/mol. The molecule has 0 amide bonds. The lowest BCUT2D eigenvalue weighted by atomic mass is 9.66. The molecule has 1 aliphatic rings. The van der Waals surface area contributed by atoms with Crippen molar-refractivity contribution in [2.24, 2.45) is 11.3 Å². The smallest absolute Gasteiger partial charge is 0.167 e. The van der Waals surface area contributed by atoms with Crippen molar-refractivity contribution in [3.8, 4) is 0 Å². The first kappa shape index (κ1) is 11.8. The minimum absolute atomic E-state index is 0.186. The highest BCUT2D eigenvalue weighted by Gasteiger charge is 2.37. The first-order chi connectivity index (χ1) is 7.50. The molecule has 16 heavy (non-hydrogen) atoms. The van der Waals surface area contributed by atoms with Crippen molar-refractivity contribution in [1.29, 1.82) is 0 Å². The fourth-order valence-electron chi connectivity index (χ4n) is 2.75. The van der Waals surface area contributed by atoms with Crippen LogP contribution in [0, 0.1) is 18.3 Å². The van der Waals surface area contributed by atoms with Crippen LogP contribution in [0.3, 0.4) is 0 Å². The number of carbonyl (C=O) groups is 1. The van der Waals surface area contributed by atoms with Gasteiger partial charge in [-0.15, -0.1) is 11.3 Å². The minimum Gasteiger partial charge on any atom is -0.294 e. The number of thiophene rings is 1. The summed E-state index contributed by atoms with van der Waals surface area (Å²) in [6, 6.07) is 2.04. The van der Waals surface area contributed by atoms with Gasteiger partial charge in [0.15, 0.2) is 5.78 Å². The Bertz CT molecular complexity index is 389. The van der Waals surface area contributed by atoms with Crippen molar-refractivity contribution >= 4 is 17.1 Å². The average molecular weight is 236 g/mol. The number of aryl methyl sites for hydroxylation is 1. The molecule has 0 saturated heterocycles. The summed E-state index contributed by atoms with van der Waals surface area (Å²) in [5.74, 6) is 0.601. The molecule has 2 rings (SSSR count). The molecule has 1 aliphatic carbocycles. The molecule has 1 unspecified atom stereocenters. The van der Waals surface area contributed by atoms with Crippen LogP contribution in [-0.2, 0) is 0 Å². The second kappa shape index (κ2) is 4.33. The van der Waals surface area contributed by atoms with E-state index < -0.39 is 0 Å². The van der Waals surface area contributed by atoms with Crippen molar-refractivity contribution in [2.45, 2.75) is 46.5 Å². The number of ketones is 1. The van der Waals surface area contributed by atoms with Gasteiger partial charge in [-0.25, -0.2) is 0 Å². The maximum absolute atomic E-state index is 12.4. The van der Waals surface area contributed by atoms with Crippen LogP contribution in [0.2, 0.25) is 0 Å². The molecule has 2 heteroatoms. The molecule has 1 atom stereocenters. The molecule has 1 fully saturated rings. The summed E-state index contributed by atoms with van der Waals surface area (Å²) in [5, 5.41) is 2.02. The van der Waals surface area contributed by atoms with E-state index in [1.807, 2.05) is 11.4 Å². The molecule has 1 nitrogen and oxygen atoms in total. The van der Waals surface area contributed by atoms with E-state index in [4.69, 9.17) is 0 Å². The fraction of sp³-hybridized carbons (Fsp3) is 0.643. The first-order valence-corrected chi connectivity index (χ1v) is 6.98. The summed E-state index contributed by atoms with van der Waals surface area (Å²) in [5.41, 5.74) is 1.12. The third-order valence-electron chi connectivity index (χ3n) is 3.84. The van der Waals surface area contributed by atoms with Crippen molar-refractivity contribution in [1.82, 2.24) is 0 Å². The standard InChI is InChI=1S/C14H20OS/c1-10-8-11(9-16-10)13(15)12-6-4-5-7-14(12,2)3/h8-9,12H,4-7H2,1-3H3. The van der Waals surface area contributed by atoms with E-state index in [0.29, 0.717) is 5.78 Å². The molecule has 1 aromatic rings. The van der Waals surface area contributed by atoms with Gasteiger partial charge in [0.25, 0.3) is 0 Å². The molecule has 1 heterocycles. The predicted octanol–water partition coefficient (Wildman–Crippen LogP) is 4.46. The maximum atomic E-state index is 12.4. The molecule has 0 aliphatic heterocycles. The molecule has 0 aromatic carbocycles. The predicted molar refractivity (Wildman–Crippen MR) is 69.1 cm³/mol. The van der Waals surface area contributed by atoms with E-state index >= 15 is 0 Å². The number of rotatable bonds is 2. The number of Topliss-reactive ketones (excluding diaryl/α,β-unsaturated/α-hetero) is 1. The maximum Gasteiger partial charge on any atom is 0.167 e. The Balaban J connectivity index is 2.20. The Labute approximate surface area is 102 Å². The van der Waals surface area contributed by atoms with Crippen molar-refractivity contribution < 1.29 is 4.79 Å². The summed E-state index contributed by atoms with van der Waals surface area (Å²) < 4.78 is 0. The van der Waals surface area contributed by atoms with E-state index in [1.54, 1.807) is 11.3 Å². The van der Waals surface area contributed by atoms with Gasteiger partial charge in [-0.1, -0.05) is 26.7 Å². The largest absolute Gasteiger partial charge is 0.294 e. The quantitative estimate of drug-likeness (QED) is 0.693. The molecule has 0 radical (unpaired) electrons. The van der Waals surface area contributed by atoms with Crippen LogP contribution >= 0.6 is 11.3 Å². The third kappa shape index (κ3) is 2.22. The minimum atomic E-state index is 0.186. The SMILES string of the molecule is Cc1cc(C(=O)C2CCCCC2(C)C)cs1. The average Bonchev–Trinajstić information content (AvgIpc) is 2.63. The molecule has 88 valence electrons. The van der Waals surface area contributed by atoms with Crippen LogP contribution in [-0.4, -0.2) is 5.78 Å². The zero-order chi connectivity index (χ0) is 11.8. The second-order valence-corrected chi connectivity index (χ2v) is 6.71. The van der Waals surface area contributed by atoms with E-state index in [1.165, 1.54) is 24.1 Å². The van der Waals surface area contributed by atoms with Crippen molar-refractivity contribution in [3.63, 3.8) is 0 Å². The highest BCUT2D eigenvalue weighted by molar-refractivity contribution is 7.10. The van der Waals surface area contributed by atoms with Gasteiger partial charge in [0.1, 0.15) is 0 Å². The number of hydrogen-bond donors (Lipinski definition) is 0. The van der Waals surface area contributed by atoms with Crippen LogP contribution in [0.15, 0.2) is 11.4 Å². The van der Waals surface area contributed by atoms with Gasteiger partial charge >= 0.3 is 0 Å². The first-order valence-electron chi connectivity index (χ1n) is 6.10. The lowest BCUT2D eigenvalue weighted by Crippen LogP contribution is -2.33. The third-order valence-corrected chi connectivity index (χ3v) is 4.70. The second-order valence-electron chi connectivity index (χ2n) is 5.60. The van der Waals surface area contributed by atoms with Crippen molar-refractivity contribution in [3.05, 3.63) is 21.9 Å². The van der Waals surface area contributed by atoms with Crippen LogP contribution in [0.5, 0.6) is 0 Å². The van der Waals surface area contributed by atoms with E-state index in [9.17, 15) is 4.79 Å². The lowest BCUT2D eigenvalue weighted by molar-refractivity contribution is 0.0698. The van der Waals surface area contributed by atoms with Crippen LogP contribution in [0.25, 0.3) is 0 Å². The van der Waals surface area contributed by atoms with Crippen molar-refractivity contribution in [2.75, 3.05) is 0 Å². The molecule has 1 saturated carbocycles. The molecule has 1 aromatic heterocycles. The Hall–Kier alpha value is -0.630. The molecule has 0 bridgehead atoms. The summed E-state index contributed by atoms with van der Waals surface area (Å²) in [6.45, 7) is 6.55. The summed E-state index contributed by atoms with van der Waals surface area (Å²) in [6.07, 6.45) is 4.75. The zero-order valence-corrected chi connectivity index (χ0v) is 11.2. The summed E-state index contributed by atoms with van der Waals surface area (Å²) in [7, 11) is 0. The molecule has 0 N–H and O–H groups in total. The zero-order valence-electron chi connectivity index (χ0n) is 10.4. The van der Waals surface area contributed by atoms with Gasteiger partial charge in [-0.2, -0.15) is 0 Å². The Morgan fingerprint density at radius 1 is 1.44 bits per heavy atom. The van der Waals surface area contributed by atoms with E-state index in [-0.39, 0.29) is 11.3 Å². The number of carbonyl (C=O) groups excluding carboxylic acids is 1. The van der Waals surface area contributed by atoms with Crippen LogP contribution in [0.1, 0.15) is 54.8 Å². The van der Waals surface area contributed by atoms with E-state index in [0.717, 1.165) is 12.0 Å². The Kier molecular flexibility index (Phi) is 3.20. The highest BCUT2D eigenvalue weighted by atomic mass is 32.1. The normalized spacial score (nSPS) is 24.3. The van der Waals surface area contributed by atoms with Gasteiger partial charge < -0.3 is 0 Å². The van der Waals surface area contributed by atoms with Gasteiger partial charge in [0.05, 0.1) is 0 Å². The van der Waals surface area contributed by atoms with Gasteiger partial charge in [0.2, 0.25) is 0 Å². The number of hydrogen-bond acceptors (Lipinski definition) is 2. The van der Waals surface area contributed by atoms with Gasteiger partial charge in [0, 0.05) is 21.7 Å². The van der Waals surface area contributed by atoms with Gasteiger partial charge in [-0.3, -0.25) is 4.79 Å². The summed E-state index contributed by atoms with van der Waals surface area (Å²) in [4.78, 5) is 13.7. The van der Waals surface area contributed by atoms with Gasteiger partial charge in [-0.05, 0) is 31.2 Å². The summed E-state index contributed by atoms with van der Waals surface area (Å²) >= 11 is 1.68. The highest BCUT2D eigenvalue weighted by Crippen LogP contribution is 2.42. The molecular weight excluding hydrogens is 216 g/mol. The van der Waals surface area contributed by atoms with Crippen LogP contribution in [0.4, 0.5) is 0 Å². The Morgan fingerprint density at radius 3 is 2.75 bits per heavy atom. The molecule has 0 spiro atoms. The van der Waals surface area contributed by atoms with E-state index in [2.05, 4.69) is 20.8 Å². The molecular formula is C14H20OS.